The first-order chi connectivity index (χ1) is 22.0. The van der Waals surface area contributed by atoms with Gasteiger partial charge in [0.2, 0.25) is 11.2 Å². The minimum Gasteiger partial charge on any atom is -0.507 e. The second-order valence-electron chi connectivity index (χ2n) is 11.6. The number of rotatable bonds is 10. The zero-order chi connectivity index (χ0) is 33.1. The Morgan fingerprint density at radius 1 is 0.913 bits per heavy atom. The van der Waals surface area contributed by atoms with Gasteiger partial charge in [-0.05, 0) is 76.8 Å². The van der Waals surface area contributed by atoms with Crippen molar-refractivity contribution in [3.8, 4) is 51.6 Å². The highest BCUT2D eigenvalue weighted by molar-refractivity contribution is 5.91. The van der Waals surface area contributed by atoms with E-state index in [-0.39, 0.29) is 58.3 Å². The Balaban J connectivity index is 1.53. The summed E-state index contributed by atoms with van der Waals surface area (Å²) in [5, 5.41) is 52.2. The minimum atomic E-state index is -0.860. The Kier molecular flexibility index (Phi) is 9.48. The first-order valence-electron chi connectivity index (χ1n) is 15.0. The molecule has 0 fully saturated rings. The maximum absolute atomic E-state index is 13.4. The Bertz CT molecular complexity index is 1880. The highest BCUT2D eigenvalue weighted by Crippen LogP contribution is 2.45. The maximum atomic E-state index is 13.4. The van der Waals surface area contributed by atoms with Crippen LogP contribution in [0.25, 0.3) is 22.3 Å². The Morgan fingerprint density at radius 2 is 1.70 bits per heavy atom. The number of aliphatic hydroxyl groups is 1. The van der Waals surface area contributed by atoms with Crippen LogP contribution in [0.4, 0.5) is 0 Å². The second kappa shape index (κ2) is 13.5. The van der Waals surface area contributed by atoms with Gasteiger partial charge >= 0.3 is 0 Å². The molecule has 2 atom stereocenters. The van der Waals surface area contributed by atoms with E-state index in [4.69, 9.17) is 18.6 Å². The summed E-state index contributed by atoms with van der Waals surface area (Å²) in [5.74, 6) is -0.965. The molecule has 10 nitrogen and oxygen atoms in total. The van der Waals surface area contributed by atoms with Gasteiger partial charge in [0.15, 0.2) is 41.0 Å². The molecule has 0 radical (unpaired) electrons. The predicted molar refractivity (Wildman–Crippen MR) is 173 cm³/mol. The van der Waals surface area contributed by atoms with E-state index in [1.165, 1.54) is 24.8 Å². The van der Waals surface area contributed by atoms with Gasteiger partial charge in [-0.3, -0.25) is 4.79 Å². The minimum absolute atomic E-state index is 0.0480. The molecule has 1 aromatic heterocycles. The van der Waals surface area contributed by atoms with Crippen LogP contribution in [-0.2, 0) is 6.42 Å². The summed E-state index contributed by atoms with van der Waals surface area (Å²) in [6, 6.07) is 10.4. The van der Waals surface area contributed by atoms with Crippen molar-refractivity contribution in [2.24, 2.45) is 0 Å². The van der Waals surface area contributed by atoms with Crippen LogP contribution in [0.3, 0.4) is 0 Å². The molecule has 0 saturated carbocycles. The normalized spacial score (nSPS) is 16.0. The summed E-state index contributed by atoms with van der Waals surface area (Å²) in [7, 11) is 1.42. The molecule has 3 aromatic carbocycles. The van der Waals surface area contributed by atoms with Crippen LogP contribution >= 0.6 is 0 Å². The number of aliphatic hydroxyl groups excluding tert-OH is 1. The van der Waals surface area contributed by atoms with Crippen LogP contribution in [0.15, 0.2) is 75.0 Å². The highest BCUT2D eigenvalue weighted by Gasteiger charge is 2.34. The van der Waals surface area contributed by atoms with E-state index in [2.05, 4.69) is 19.9 Å². The highest BCUT2D eigenvalue weighted by atomic mass is 16.6. The van der Waals surface area contributed by atoms with E-state index in [0.29, 0.717) is 16.9 Å². The number of ether oxygens (including phenoxy) is 3. The first-order valence-corrected chi connectivity index (χ1v) is 15.0. The van der Waals surface area contributed by atoms with Crippen LogP contribution in [0.2, 0.25) is 0 Å². The van der Waals surface area contributed by atoms with Crippen LogP contribution < -0.4 is 19.6 Å². The Hall–Kier alpha value is -5.09. The molecule has 1 aliphatic heterocycles. The number of allylic oxidation sites excluding steroid dienone is 4. The molecule has 242 valence electrons. The number of methoxy groups -OCH3 is 1. The fourth-order valence-electron chi connectivity index (χ4n) is 5.48. The quantitative estimate of drug-likeness (QED) is 0.0933. The molecule has 46 heavy (non-hydrogen) atoms. The summed E-state index contributed by atoms with van der Waals surface area (Å²) in [5.41, 5.74) is 2.58. The average Bonchev–Trinajstić information content (AvgIpc) is 3.03. The fourth-order valence-corrected chi connectivity index (χ4v) is 5.48. The van der Waals surface area contributed by atoms with Gasteiger partial charge in [0.25, 0.3) is 0 Å². The molecule has 0 amide bonds. The molecule has 2 heterocycles. The number of unbranched alkanes of at least 4 members (excludes halogenated alkanes) is 1. The number of phenols is 3. The number of hydrogen-bond donors (Lipinski definition) is 5. The largest absolute Gasteiger partial charge is 0.507 e. The number of fused-ring (bicyclic) bond motifs is 2. The van der Waals surface area contributed by atoms with E-state index in [9.17, 15) is 30.3 Å². The third-order valence-corrected chi connectivity index (χ3v) is 7.97. The van der Waals surface area contributed by atoms with E-state index >= 15 is 0 Å². The number of hydrogen-bond acceptors (Lipinski definition) is 10. The lowest BCUT2D eigenvalue weighted by atomic mass is 10.0. The van der Waals surface area contributed by atoms with Gasteiger partial charge in [0.1, 0.15) is 22.5 Å². The second-order valence-corrected chi connectivity index (χ2v) is 11.6. The zero-order valence-corrected chi connectivity index (χ0v) is 26.2. The molecule has 4 aromatic rings. The van der Waals surface area contributed by atoms with Gasteiger partial charge in [-0.15, -0.1) is 0 Å². The fraction of sp³-hybridized carbons (Fsp3) is 0.306. The lowest BCUT2D eigenvalue weighted by Crippen LogP contribution is -2.36. The number of phenolic OH excluding ortho intramolecular Hbond substituents is 3. The van der Waals surface area contributed by atoms with Crippen molar-refractivity contribution >= 4 is 11.0 Å². The SMILES string of the molecule is COc1cc(C2Oc3cc(-c4oc5c(C/C=C(\C)CCCC=C(C)C)c(O)cc(O)c5c(=O)c4O)ccc3OC2CO)ccc1O. The van der Waals surface area contributed by atoms with Crippen LogP contribution in [0.1, 0.15) is 57.3 Å². The monoisotopic (exact) mass is 630 g/mol. The van der Waals surface area contributed by atoms with Crippen LogP contribution in [0.5, 0.6) is 40.2 Å². The van der Waals surface area contributed by atoms with E-state index in [0.717, 1.165) is 30.9 Å². The number of aromatic hydroxyl groups is 4. The lowest BCUT2D eigenvalue weighted by Gasteiger charge is -2.33. The van der Waals surface area contributed by atoms with Gasteiger partial charge in [0.05, 0.1) is 13.7 Å². The van der Waals surface area contributed by atoms with Crippen LogP contribution in [-0.4, -0.2) is 45.4 Å². The molecule has 10 heteroatoms. The van der Waals surface area contributed by atoms with Crippen molar-refractivity contribution in [2.75, 3.05) is 13.7 Å². The summed E-state index contributed by atoms with van der Waals surface area (Å²) in [6.07, 6.45) is 5.55. The Morgan fingerprint density at radius 3 is 2.41 bits per heavy atom. The van der Waals surface area contributed by atoms with Gasteiger partial charge < -0.3 is 44.2 Å². The van der Waals surface area contributed by atoms with E-state index in [1.54, 1.807) is 24.3 Å². The molecule has 5 N–H and O–H groups in total. The van der Waals surface area contributed by atoms with E-state index in [1.807, 2.05) is 13.0 Å². The van der Waals surface area contributed by atoms with Gasteiger partial charge in [-0.2, -0.15) is 0 Å². The Labute approximate surface area is 266 Å². The third kappa shape index (κ3) is 6.48. The lowest BCUT2D eigenvalue weighted by molar-refractivity contribution is -0.0123. The molecular weight excluding hydrogens is 592 g/mol. The van der Waals surface area contributed by atoms with Crippen molar-refractivity contribution < 1.29 is 44.2 Å². The predicted octanol–water partition coefficient (Wildman–Crippen LogP) is 6.79. The molecule has 0 aliphatic carbocycles. The molecule has 0 bridgehead atoms. The van der Waals surface area contributed by atoms with Crippen molar-refractivity contribution in [2.45, 2.75) is 58.7 Å². The molecule has 1 aliphatic rings. The molecule has 5 rings (SSSR count). The van der Waals surface area contributed by atoms with Gasteiger partial charge in [0, 0.05) is 22.8 Å². The smallest absolute Gasteiger partial charge is 0.238 e. The zero-order valence-electron chi connectivity index (χ0n) is 26.2. The molecule has 0 spiro atoms. The summed E-state index contributed by atoms with van der Waals surface area (Å²) in [6.45, 7) is 5.75. The summed E-state index contributed by atoms with van der Waals surface area (Å²) >= 11 is 0. The first kappa shape index (κ1) is 32.3. The molecular formula is C36H38O10. The number of benzene rings is 3. The summed E-state index contributed by atoms with van der Waals surface area (Å²) in [4.78, 5) is 13.4. The van der Waals surface area contributed by atoms with Crippen molar-refractivity contribution in [1.82, 2.24) is 0 Å². The van der Waals surface area contributed by atoms with Gasteiger partial charge in [-0.25, -0.2) is 0 Å². The van der Waals surface area contributed by atoms with Crippen LogP contribution in [0, 0.1) is 0 Å². The van der Waals surface area contributed by atoms with Crippen molar-refractivity contribution in [3.05, 3.63) is 87.1 Å². The standard InChI is InChI=1S/C36H38O10/c1-19(2)7-5-6-8-20(3)9-12-23-25(39)17-26(40)31-32(41)33(42)35(46-36(23)31)22-11-14-27-29(16-22)45-34(30(18-37)44-27)21-10-13-24(38)28(15-21)43-4/h7,9-11,13-17,30,34,37-40,42H,5-6,8,12,18H2,1-4H3/b20-9+. The molecule has 2 unspecified atom stereocenters. The average molecular weight is 631 g/mol. The van der Waals surface area contributed by atoms with Gasteiger partial charge in [-0.1, -0.05) is 29.4 Å². The maximum Gasteiger partial charge on any atom is 0.238 e. The third-order valence-electron chi connectivity index (χ3n) is 7.97. The van der Waals surface area contributed by atoms with E-state index < -0.39 is 29.1 Å². The molecule has 0 saturated heterocycles. The van der Waals surface area contributed by atoms with Crippen molar-refractivity contribution in [1.29, 1.82) is 0 Å². The van der Waals surface area contributed by atoms with Crippen molar-refractivity contribution in [3.63, 3.8) is 0 Å². The summed E-state index contributed by atoms with van der Waals surface area (Å²) < 4.78 is 23.6. The topological polar surface area (TPSA) is 159 Å².